The molecule has 6 rings (SSSR count). The van der Waals surface area contributed by atoms with Gasteiger partial charge in [0.2, 0.25) is 0 Å². The van der Waals surface area contributed by atoms with Crippen molar-refractivity contribution in [2.45, 2.75) is 44.6 Å². The van der Waals surface area contributed by atoms with Gasteiger partial charge in [0.05, 0.1) is 28.5 Å². The molecular formula is C32H34ClFN4O4. The Kier molecular flexibility index (Phi) is 7.59. The summed E-state index contributed by atoms with van der Waals surface area (Å²) in [6.45, 7) is 5.42. The lowest BCUT2D eigenvalue weighted by atomic mass is 9.88. The summed E-state index contributed by atoms with van der Waals surface area (Å²) in [6.07, 6.45) is 3.52. The van der Waals surface area contributed by atoms with Crippen molar-refractivity contribution in [1.82, 2.24) is 19.4 Å². The number of likely N-dealkylation sites (tertiary alicyclic amines) is 1. The molecule has 0 saturated carbocycles. The Labute approximate surface area is 249 Å². The summed E-state index contributed by atoms with van der Waals surface area (Å²) in [5.41, 5.74) is 4.06. The monoisotopic (exact) mass is 592 g/mol. The van der Waals surface area contributed by atoms with Gasteiger partial charge in [-0.3, -0.25) is 4.90 Å². The molecule has 2 aliphatic rings. The Morgan fingerprint density at radius 2 is 1.95 bits per heavy atom. The quantitative estimate of drug-likeness (QED) is 0.264. The number of fused-ring (bicyclic) bond motifs is 2. The minimum Gasteiger partial charge on any atom is -0.478 e. The van der Waals surface area contributed by atoms with Crippen LogP contribution in [-0.2, 0) is 18.9 Å². The molecule has 1 saturated heterocycles. The zero-order chi connectivity index (χ0) is 29.6. The Balaban J connectivity index is 1.16. The smallest absolute Gasteiger partial charge is 0.336 e. The van der Waals surface area contributed by atoms with Gasteiger partial charge in [-0.25, -0.2) is 14.2 Å². The van der Waals surface area contributed by atoms with Gasteiger partial charge in [0, 0.05) is 37.1 Å². The van der Waals surface area contributed by atoms with Crippen molar-refractivity contribution in [3.8, 4) is 11.5 Å². The molecule has 42 heavy (non-hydrogen) atoms. The summed E-state index contributed by atoms with van der Waals surface area (Å²) in [7, 11) is 4.02. The van der Waals surface area contributed by atoms with E-state index in [1.165, 1.54) is 6.07 Å². The van der Waals surface area contributed by atoms with Gasteiger partial charge in [-0.2, -0.15) is 0 Å². The first kappa shape index (κ1) is 28.5. The second-order valence-electron chi connectivity index (χ2n) is 11.5. The zero-order valence-corrected chi connectivity index (χ0v) is 24.7. The third kappa shape index (κ3) is 5.44. The van der Waals surface area contributed by atoms with Gasteiger partial charge < -0.3 is 24.0 Å². The number of hydrogen-bond acceptors (Lipinski definition) is 6. The lowest BCUT2D eigenvalue weighted by Crippen LogP contribution is -2.34. The number of likely N-dealkylation sites (N-methyl/N-ethyl adjacent to an activating group) is 1. The number of imidazole rings is 1. The first-order valence-electron chi connectivity index (χ1n) is 14.2. The van der Waals surface area contributed by atoms with E-state index in [1.807, 2.05) is 36.9 Å². The van der Waals surface area contributed by atoms with Crippen LogP contribution < -0.4 is 9.47 Å². The number of piperidine rings is 1. The lowest BCUT2D eigenvalue weighted by Gasteiger charge is -2.33. The number of benzene rings is 3. The fourth-order valence-corrected chi connectivity index (χ4v) is 6.20. The van der Waals surface area contributed by atoms with Gasteiger partial charge in [0.25, 0.3) is 5.79 Å². The minimum atomic E-state index is -1.29. The summed E-state index contributed by atoms with van der Waals surface area (Å²) in [6, 6.07) is 14.0. The highest BCUT2D eigenvalue weighted by atomic mass is 35.5. The molecule has 0 bridgehead atoms. The number of rotatable bonds is 8. The Bertz CT molecular complexity index is 1650. The lowest BCUT2D eigenvalue weighted by molar-refractivity contribution is -0.0712. The molecule has 1 aromatic heterocycles. The number of carboxylic acids is 1. The molecule has 1 unspecified atom stereocenters. The molecular weight excluding hydrogens is 559 g/mol. The number of aromatic nitrogens is 2. The van der Waals surface area contributed by atoms with Crippen molar-refractivity contribution in [3.05, 3.63) is 88.0 Å². The molecule has 8 nitrogen and oxygen atoms in total. The van der Waals surface area contributed by atoms with E-state index < -0.39 is 17.6 Å². The highest BCUT2D eigenvalue weighted by Crippen LogP contribution is 2.49. The van der Waals surface area contributed by atoms with Crippen LogP contribution in [0.15, 0.2) is 54.9 Å². The van der Waals surface area contributed by atoms with Crippen molar-refractivity contribution in [2.75, 3.05) is 33.7 Å². The summed E-state index contributed by atoms with van der Waals surface area (Å²) >= 11 is 5.96. The molecule has 3 heterocycles. The highest BCUT2D eigenvalue weighted by molar-refractivity contribution is 6.30. The van der Waals surface area contributed by atoms with Gasteiger partial charge in [-0.05, 0) is 87.9 Å². The molecule has 4 aromatic rings. The van der Waals surface area contributed by atoms with Crippen LogP contribution in [0.2, 0.25) is 5.02 Å². The van der Waals surface area contributed by atoms with Gasteiger partial charge >= 0.3 is 5.97 Å². The van der Waals surface area contributed by atoms with E-state index in [4.69, 9.17) is 21.1 Å². The fourth-order valence-electron chi connectivity index (χ4n) is 6.04. The van der Waals surface area contributed by atoms with E-state index in [1.54, 1.807) is 31.5 Å². The molecule has 10 heteroatoms. The molecule has 0 radical (unpaired) electrons. The number of hydrogen-bond donors (Lipinski definition) is 1. The van der Waals surface area contributed by atoms with E-state index in [0.29, 0.717) is 28.6 Å². The van der Waals surface area contributed by atoms with Gasteiger partial charge in [0.1, 0.15) is 5.82 Å². The molecule has 0 aliphatic carbocycles. The zero-order valence-electron chi connectivity index (χ0n) is 23.9. The fraction of sp³-hybridized carbons (Fsp3) is 0.375. The molecule has 2 aliphatic heterocycles. The summed E-state index contributed by atoms with van der Waals surface area (Å²) < 4.78 is 29.3. The van der Waals surface area contributed by atoms with Crippen molar-refractivity contribution >= 4 is 28.6 Å². The standard InChI is InChI=1S/C32H34ClFN4O4/c1-32(25-8-7-22(33)16-26(25)34)41-29-6-4-5-23(30(29)42-32)20-9-11-37(12-10-20)18-21-15-27-28(17-24(21)31(39)40)38(19-35-27)14-13-36(2)3/h4-8,15-17,19-20H,9-14,18H2,1-3H3,(H,39,40). The third-order valence-electron chi connectivity index (χ3n) is 8.32. The normalized spacial score (nSPS) is 19.2. The Hall–Kier alpha value is -3.66. The van der Waals surface area contributed by atoms with Gasteiger partial charge in [-0.1, -0.05) is 23.7 Å². The SMILES string of the molecule is CN(C)CCn1cnc2cc(CN3CCC(c4cccc5c4OC(C)(c4ccc(Cl)cc4F)O5)CC3)c(C(=O)O)cc21. The molecule has 3 aromatic carbocycles. The number of para-hydroxylation sites is 1. The van der Waals surface area contributed by atoms with Crippen LogP contribution >= 0.6 is 11.6 Å². The summed E-state index contributed by atoms with van der Waals surface area (Å²) in [4.78, 5) is 21.2. The van der Waals surface area contributed by atoms with Crippen LogP contribution in [0.4, 0.5) is 4.39 Å². The largest absolute Gasteiger partial charge is 0.478 e. The summed E-state index contributed by atoms with van der Waals surface area (Å²) in [5.74, 6) is -1.23. The number of ether oxygens (including phenoxy) is 2. The Morgan fingerprint density at radius 3 is 2.67 bits per heavy atom. The first-order chi connectivity index (χ1) is 20.1. The molecule has 1 N–H and O–H groups in total. The van der Waals surface area contributed by atoms with Crippen LogP contribution in [-0.4, -0.2) is 64.2 Å². The Morgan fingerprint density at radius 1 is 1.17 bits per heavy atom. The number of carboxylic acid groups (broad SMARTS) is 1. The topological polar surface area (TPSA) is 80.1 Å². The maximum absolute atomic E-state index is 14.8. The van der Waals surface area contributed by atoms with Crippen molar-refractivity contribution in [1.29, 1.82) is 0 Å². The average Bonchev–Trinajstić information content (AvgIpc) is 3.51. The van der Waals surface area contributed by atoms with Crippen LogP contribution in [0.5, 0.6) is 11.5 Å². The third-order valence-corrected chi connectivity index (χ3v) is 8.55. The average molecular weight is 593 g/mol. The number of aromatic carboxylic acids is 1. The van der Waals surface area contributed by atoms with Gasteiger partial charge in [-0.15, -0.1) is 0 Å². The highest BCUT2D eigenvalue weighted by Gasteiger charge is 2.43. The predicted octanol–water partition coefficient (Wildman–Crippen LogP) is 6.11. The van der Waals surface area contributed by atoms with Crippen LogP contribution in [0, 0.1) is 5.82 Å². The molecule has 0 amide bonds. The van der Waals surface area contributed by atoms with E-state index in [9.17, 15) is 14.3 Å². The molecule has 1 fully saturated rings. The number of carbonyl (C=O) groups is 1. The van der Waals surface area contributed by atoms with E-state index in [2.05, 4.69) is 20.9 Å². The summed E-state index contributed by atoms with van der Waals surface area (Å²) in [5, 5.41) is 10.3. The van der Waals surface area contributed by atoms with Crippen molar-refractivity contribution in [2.24, 2.45) is 0 Å². The maximum atomic E-state index is 14.8. The molecule has 220 valence electrons. The van der Waals surface area contributed by atoms with Crippen molar-refractivity contribution in [3.63, 3.8) is 0 Å². The number of nitrogens with zero attached hydrogens (tertiary/aromatic N) is 4. The molecule has 0 spiro atoms. The maximum Gasteiger partial charge on any atom is 0.336 e. The second kappa shape index (κ2) is 11.2. The van der Waals surface area contributed by atoms with E-state index in [-0.39, 0.29) is 11.5 Å². The number of halogens is 2. The van der Waals surface area contributed by atoms with Crippen LogP contribution in [0.1, 0.15) is 52.7 Å². The van der Waals surface area contributed by atoms with E-state index >= 15 is 0 Å². The predicted molar refractivity (Wildman–Crippen MR) is 159 cm³/mol. The van der Waals surface area contributed by atoms with Crippen LogP contribution in [0.25, 0.3) is 11.0 Å². The van der Waals surface area contributed by atoms with Crippen LogP contribution in [0.3, 0.4) is 0 Å². The van der Waals surface area contributed by atoms with Gasteiger partial charge in [0.15, 0.2) is 11.5 Å². The first-order valence-corrected chi connectivity index (χ1v) is 14.5. The minimum absolute atomic E-state index is 0.228. The molecule has 1 atom stereocenters. The van der Waals surface area contributed by atoms with E-state index in [0.717, 1.165) is 61.2 Å². The van der Waals surface area contributed by atoms with Crippen molar-refractivity contribution < 1.29 is 23.8 Å². The second-order valence-corrected chi connectivity index (χ2v) is 12.0.